The fourth-order valence-corrected chi connectivity index (χ4v) is 3.56. The highest BCUT2D eigenvalue weighted by Gasteiger charge is 2.31. The summed E-state index contributed by atoms with van der Waals surface area (Å²) in [6.45, 7) is 3.18. The number of carbonyl (C=O) groups is 1. The van der Waals surface area contributed by atoms with Gasteiger partial charge < -0.3 is 5.32 Å². The maximum absolute atomic E-state index is 12.8. The van der Waals surface area contributed by atoms with Crippen LogP contribution >= 0.6 is 0 Å². The first kappa shape index (κ1) is 21.1. The third-order valence-electron chi connectivity index (χ3n) is 5.08. The summed E-state index contributed by atoms with van der Waals surface area (Å²) in [5.74, 6) is -0.166. The molecule has 1 amide bonds. The normalized spacial score (nSPS) is 18.1. The highest BCUT2D eigenvalue weighted by atomic mass is 19.4. The molecule has 0 bridgehead atoms. The van der Waals surface area contributed by atoms with Crippen molar-refractivity contribution in [2.75, 3.05) is 26.2 Å². The molecule has 1 aliphatic rings. The Kier molecular flexibility index (Phi) is 7.09. The molecular weight excluding hydrogens is 377 g/mol. The van der Waals surface area contributed by atoms with Crippen molar-refractivity contribution < 1.29 is 18.0 Å². The number of piperidine rings is 1. The first-order chi connectivity index (χ1) is 13.9. The molecule has 6 heteroatoms. The Morgan fingerprint density at radius 3 is 2.69 bits per heavy atom. The van der Waals surface area contributed by atoms with Gasteiger partial charge in [-0.15, -0.1) is 0 Å². The first-order valence-corrected chi connectivity index (χ1v) is 9.81. The fourth-order valence-electron chi connectivity index (χ4n) is 3.56. The second kappa shape index (κ2) is 9.74. The van der Waals surface area contributed by atoms with Crippen LogP contribution in [0.1, 0.15) is 34.3 Å². The predicted octanol–water partition coefficient (Wildman–Crippen LogP) is 4.86. The van der Waals surface area contributed by atoms with Crippen LogP contribution in [0.25, 0.3) is 6.08 Å². The van der Waals surface area contributed by atoms with Gasteiger partial charge in [0.05, 0.1) is 5.56 Å². The van der Waals surface area contributed by atoms with Gasteiger partial charge in [0.2, 0.25) is 0 Å². The Bertz CT molecular complexity index is 834. The molecule has 3 rings (SSSR count). The lowest BCUT2D eigenvalue weighted by Gasteiger charge is -2.32. The second-order valence-corrected chi connectivity index (χ2v) is 7.37. The molecule has 1 atom stereocenters. The molecule has 1 heterocycles. The molecule has 1 aliphatic heterocycles. The number of rotatable bonds is 6. The molecule has 0 spiro atoms. The predicted molar refractivity (Wildman–Crippen MR) is 108 cm³/mol. The van der Waals surface area contributed by atoms with Crippen molar-refractivity contribution in [2.24, 2.45) is 5.92 Å². The number of carbonyl (C=O) groups excluding carboxylic acids is 1. The van der Waals surface area contributed by atoms with Crippen LogP contribution in [0.15, 0.2) is 60.7 Å². The summed E-state index contributed by atoms with van der Waals surface area (Å²) in [5.41, 5.74) is 0.395. The minimum absolute atomic E-state index is 0.0401. The van der Waals surface area contributed by atoms with Gasteiger partial charge in [0.1, 0.15) is 0 Å². The van der Waals surface area contributed by atoms with Gasteiger partial charge in [0.15, 0.2) is 0 Å². The average Bonchev–Trinajstić information content (AvgIpc) is 2.73. The molecule has 0 aromatic heterocycles. The zero-order valence-corrected chi connectivity index (χ0v) is 16.2. The van der Waals surface area contributed by atoms with Gasteiger partial charge in [0.25, 0.3) is 5.91 Å². The number of hydrogen-bond donors (Lipinski definition) is 1. The van der Waals surface area contributed by atoms with Crippen molar-refractivity contribution in [2.45, 2.75) is 19.0 Å². The molecule has 1 fully saturated rings. The van der Waals surface area contributed by atoms with Gasteiger partial charge in [-0.1, -0.05) is 48.6 Å². The van der Waals surface area contributed by atoms with Crippen LogP contribution in [0.2, 0.25) is 0 Å². The molecule has 29 heavy (non-hydrogen) atoms. The third kappa shape index (κ3) is 6.46. The van der Waals surface area contributed by atoms with E-state index in [-0.39, 0.29) is 5.56 Å². The van der Waals surface area contributed by atoms with E-state index < -0.39 is 17.6 Å². The van der Waals surface area contributed by atoms with Gasteiger partial charge in [-0.25, -0.2) is 0 Å². The van der Waals surface area contributed by atoms with Crippen molar-refractivity contribution in [3.63, 3.8) is 0 Å². The van der Waals surface area contributed by atoms with Crippen LogP contribution in [0, 0.1) is 5.92 Å². The monoisotopic (exact) mass is 402 g/mol. The number of amides is 1. The number of halogens is 3. The highest BCUT2D eigenvalue weighted by Crippen LogP contribution is 2.29. The Hall–Kier alpha value is -2.60. The summed E-state index contributed by atoms with van der Waals surface area (Å²) in [7, 11) is 0. The summed E-state index contributed by atoms with van der Waals surface area (Å²) in [5, 5.41) is 2.80. The molecule has 2 aromatic carbocycles. The number of benzene rings is 2. The van der Waals surface area contributed by atoms with Crippen LogP contribution in [0.5, 0.6) is 0 Å². The summed E-state index contributed by atoms with van der Waals surface area (Å²) >= 11 is 0. The molecule has 0 saturated carbocycles. The van der Waals surface area contributed by atoms with Gasteiger partial charge in [-0.05, 0) is 49.1 Å². The minimum atomic E-state index is -4.45. The molecule has 0 radical (unpaired) electrons. The van der Waals surface area contributed by atoms with E-state index in [1.54, 1.807) is 0 Å². The SMILES string of the molecule is O=C(NC[C@H]1CCCN(C/C=C/c2ccccc2)C1)c1cccc(C(F)(F)F)c1. The number of alkyl halides is 3. The molecular formula is C23H25F3N2O. The molecule has 1 N–H and O–H groups in total. The number of nitrogens with zero attached hydrogens (tertiary/aromatic N) is 1. The summed E-state index contributed by atoms with van der Waals surface area (Å²) in [6, 6.07) is 14.6. The molecule has 154 valence electrons. The Morgan fingerprint density at radius 2 is 1.93 bits per heavy atom. The summed E-state index contributed by atoms with van der Waals surface area (Å²) in [4.78, 5) is 14.6. The average molecular weight is 402 g/mol. The lowest BCUT2D eigenvalue weighted by molar-refractivity contribution is -0.137. The van der Waals surface area contributed by atoms with E-state index in [0.29, 0.717) is 12.5 Å². The van der Waals surface area contributed by atoms with E-state index in [0.717, 1.165) is 50.2 Å². The van der Waals surface area contributed by atoms with E-state index in [2.05, 4.69) is 34.5 Å². The van der Waals surface area contributed by atoms with Crippen molar-refractivity contribution in [3.8, 4) is 0 Å². The number of nitrogens with one attached hydrogen (secondary N) is 1. The lowest BCUT2D eigenvalue weighted by Crippen LogP contribution is -2.41. The van der Waals surface area contributed by atoms with Gasteiger partial charge in [-0.2, -0.15) is 13.2 Å². The molecule has 0 unspecified atom stereocenters. The Morgan fingerprint density at radius 1 is 1.14 bits per heavy atom. The Labute approximate surface area is 169 Å². The van der Waals surface area contributed by atoms with Crippen LogP contribution in [-0.4, -0.2) is 37.0 Å². The van der Waals surface area contributed by atoms with E-state index in [4.69, 9.17) is 0 Å². The largest absolute Gasteiger partial charge is 0.416 e. The lowest BCUT2D eigenvalue weighted by atomic mass is 9.97. The molecule has 3 nitrogen and oxygen atoms in total. The van der Waals surface area contributed by atoms with Crippen molar-refractivity contribution in [1.29, 1.82) is 0 Å². The van der Waals surface area contributed by atoms with Crippen molar-refractivity contribution in [3.05, 3.63) is 77.4 Å². The zero-order chi connectivity index (χ0) is 20.7. The Balaban J connectivity index is 1.48. The molecule has 2 aromatic rings. The highest BCUT2D eigenvalue weighted by molar-refractivity contribution is 5.94. The standard InChI is InChI=1S/C23H25F3N2O/c24-23(25,26)21-12-4-11-20(15-21)22(29)27-16-19-10-6-14-28(17-19)13-5-9-18-7-2-1-3-8-18/h1-5,7-9,11-12,15,19H,6,10,13-14,16-17H2,(H,27,29)/b9-5+/t19-/m1/s1. The number of hydrogen-bond acceptors (Lipinski definition) is 2. The third-order valence-corrected chi connectivity index (χ3v) is 5.08. The fraction of sp³-hybridized carbons (Fsp3) is 0.348. The maximum Gasteiger partial charge on any atom is 0.416 e. The molecule has 1 saturated heterocycles. The quantitative estimate of drug-likeness (QED) is 0.748. The van der Waals surface area contributed by atoms with E-state index in [9.17, 15) is 18.0 Å². The first-order valence-electron chi connectivity index (χ1n) is 9.81. The van der Waals surface area contributed by atoms with Crippen LogP contribution < -0.4 is 5.32 Å². The van der Waals surface area contributed by atoms with E-state index in [1.807, 2.05) is 18.2 Å². The van der Waals surface area contributed by atoms with Crippen molar-refractivity contribution in [1.82, 2.24) is 10.2 Å². The topological polar surface area (TPSA) is 32.3 Å². The van der Waals surface area contributed by atoms with Crippen LogP contribution in [0.3, 0.4) is 0 Å². The summed E-state index contributed by atoms with van der Waals surface area (Å²) in [6.07, 6.45) is 1.83. The minimum Gasteiger partial charge on any atom is -0.352 e. The van der Waals surface area contributed by atoms with Gasteiger partial charge in [-0.3, -0.25) is 9.69 Å². The number of likely N-dealkylation sites (tertiary alicyclic amines) is 1. The van der Waals surface area contributed by atoms with Crippen LogP contribution in [-0.2, 0) is 6.18 Å². The van der Waals surface area contributed by atoms with Crippen LogP contribution in [0.4, 0.5) is 13.2 Å². The molecule has 0 aliphatic carbocycles. The maximum atomic E-state index is 12.8. The van der Waals surface area contributed by atoms with Gasteiger partial charge in [0, 0.05) is 25.2 Å². The van der Waals surface area contributed by atoms with Gasteiger partial charge >= 0.3 is 6.18 Å². The van der Waals surface area contributed by atoms with E-state index in [1.165, 1.54) is 12.1 Å². The van der Waals surface area contributed by atoms with E-state index >= 15 is 0 Å². The second-order valence-electron chi connectivity index (χ2n) is 7.37. The van der Waals surface area contributed by atoms with Crippen molar-refractivity contribution >= 4 is 12.0 Å². The zero-order valence-electron chi connectivity index (χ0n) is 16.2. The smallest absolute Gasteiger partial charge is 0.352 e. The summed E-state index contributed by atoms with van der Waals surface area (Å²) < 4.78 is 38.5.